The summed E-state index contributed by atoms with van der Waals surface area (Å²) < 4.78 is 54.1. The molecule has 5 fully saturated rings. The maximum atomic E-state index is 9.80. The van der Waals surface area contributed by atoms with Crippen LogP contribution in [0.25, 0.3) is 0 Å². The van der Waals surface area contributed by atoms with Crippen LogP contribution in [0.2, 0.25) is 0 Å². The minimum Gasteiger partial charge on any atom is -0.394 e. The van der Waals surface area contributed by atoms with Crippen molar-refractivity contribution in [1.82, 2.24) is 0 Å². The first-order valence-corrected chi connectivity index (χ1v) is 10.6. The third kappa shape index (κ3) is 3.71. The van der Waals surface area contributed by atoms with Gasteiger partial charge in [0.05, 0.1) is 13.2 Å². The number of ether oxygens (including phenoxy) is 9. The molecule has 1 N–H and O–H groups in total. The number of aliphatic hydroxyl groups is 1. The van der Waals surface area contributed by atoms with Crippen LogP contribution in [0.3, 0.4) is 0 Å². The molecule has 0 amide bonds. The summed E-state index contributed by atoms with van der Waals surface area (Å²) in [7, 11) is 0. The van der Waals surface area contributed by atoms with Crippen molar-refractivity contribution in [2.75, 3.05) is 13.2 Å². The molecule has 0 spiro atoms. The Hall–Kier alpha value is -0.400. The van der Waals surface area contributed by atoms with Gasteiger partial charge < -0.3 is 47.7 Å². The van der Waals surface area contributed by atoms with Crippen LogP contribution in [0.4, 0.5) is 0 Å². The number of fused-ring (bicyclic) bond motifs is 2. The Morgan fingerprint density at radius 2 is 1.43 bits per heavy atom. The molecule has 5 aliphatic rings. The predicted octanol–water partition coefficient (Wildman–Crippen LogP) is 0.637. The second-order valence-electron chi connectivity index (χ2n) is 9.83. The summed E-state index contributed by atoms with van der Waals surface area (Å²) in [6, 6.07) is 0. The highest BCUT2D eigenvalue weighted by atomic mass is 16.9. The SMILES string of the molecule is CC1(C)OCC([C@H]2OC(O[C@@H]3[C@H]4OC(C)(C)O[C@H]4O[C@@H]3CO)[C@H]3OC(C)(C)O[C@@H]23)O1. The van der Waals surface area contributed by atoms with Gasteiger partial charge in [-0.25, -0.2) is 0 Å². The first-order chi connectivity index (χ1) is 14.0. The lowest BCUT2D eigenvalue weighted by Crippen LogP contribution is -2.44. The third-order valence-corrected chi connectivity index (χ3v) is 6.00. The minimum atomic E-state index is -0.797. The zero-order chi connectivity index (χ0) is 21.5. The molecule has 10 heteroatoms. The number of rotatable bonds is 4. The Labute approximate surface area is 175 Å². The van der Waals surface area contributed by atoms with Crippen LogP contribution in [0, 0.1) is 0 Å². The fourth-order valence-electron chi connectivity index (χ4n) is 4.89. The lowest BCUT2D eigenvalue weighted by atomic mass is 10.1. The van der Waals surface area contributed by atoms with Crippen molar-refractivity contribution in [2.24, 2.45) is 0 Å². The number of hydrogen-bond acceptors (Lipinski definition) is 10. The molecule has 5 rings (SSSR count). The summed E-state index contributed by atoms with van der Waals surface area (Å²) in [5, 5.41) is 9.80. The Bertz CT molecular complexity index is 666. The van der Waals surface area contributed by atoms with Crippen LogP contribution in [-0.2, 0) is 42.6 Å². The molecule has 5 heterocycles. The van der Waals surface area contributed by atoms with Gasteiger partial charge in [0.1, 0.15) is 42.7 Å². The van der Waals surface area contributed by atoms with Crippen LogP contribution in [0.15, 0.2) is 0 Å². The van der Waals surface area contributed by atoms with Crippen molar-refractivity contribution in [2.45, 2.75) is 114 Å². The van der Waals surface area contributed by atoms with E-state index in [0.717, 1.165) is 0 Å². The van der Waals surface area contributed by atoms with Crippen molar-refractivity contribution in [1.29, 1.82) is 0 Å². The molecule has 172 valence electrons. The summed E-state index contributed by atoms with van der Waals surface area (Å²) in [6.45, 7) is 11.2. The van der Waals surface area contributed by atoms with Crippen molar-refractivity contribution < 1.29 is 47.7 Å². The van der Waals surface area contributed by atoms with E-state index in [9.17, 15) is 5.11 Å². The topological polar surface area (TPSA) is 103 Å². The maximum absolute atomic E-state index is 9.80. The maximum Gasteiger partial charge on any atom is 0.190 e. The van der Waals surface area contributed by atoms with Crippen LogP contribution < -0.4 is 0 Å². The zero-order valence-corrected chi connectivity index (χ0v) is 18.2. The van der Waals surface area contributed by atoms with Gasteiger partial charge in [0.2, 0.25) is 0 Å². The molecule has 0 saturated carbocycles. The molecule has 30 heavy (non-hydrogen) atoms. The average molecular weight is 432 g/mol. The van der Waals surface area contributed by atoms with E-state index in [4.69, 9.17) is 42.6 Å². The molecule has 0 radical (unpaired) electrons. The fourth-order valence-corrected chi connectivity index (χ4v) is 4.89. The van der Waals surface area contributed by atoms with Gasteiger partial charge in [-0.3, -0.25) is 0 Å². The molecule has 0 aromatic heterocycles. The highest BCUT2D eigenvalue weighted by molar-refractivity contribution is 5.01. The van der Waals surface area contributed by atoms with E-state index in [-0.39, 0.29) is 18.8 Å². The van der Waals surface area contributed by atoms with Crippen LogP contribution >= 0.6 is 0 Å². The summed E-state index contributed by atoms with van der Waals surface area (Å²) in [6.07, 6.45) is -4.62. The lowest BCUT2D eigenvalue weighted by molar-refractivity contribution is -0.276. The van der Waals surface area contributed by atoms with Gasteiger partial charge in [0, 0.05) is 0 Å². The highest BCUT2D eigenvalue weighted by Gasteiger charge is 2.62. The van der Waals surface area contributed by atoms with E-state index >= 15 is 0 Å². The summed E-state index contributed by atoms with van der Waals surface area (Å²) in [5.41, 5.74) is 0. The minimum absolute atomic E-state index is 0.230. The lowest BCUT2D eigenvalue weighted by Gasteiger charge is -2.30. The summed E-state index contributed by atoms with van der Waals surface area (Å²) in [4.78, 5) is 0. The predicted molar refractivity (Wildman–Crippen MR) is 98.0 cm³/mol. The fraction of sp³-hybridized carbons (Fsp3) is 1.00. The van der Waals surface area contributed by atoms with E-state index in [1.807, 2.05) is 41.5 Å². The zero-order valence-electron chi connectivity index (χ0n) is 18.2. The Morgan fingerprint density at radius 3 is 2.10 bits per heavy atom. The molecule has 0 aromatic rings. The van der Waals surface area contributed by atoms with E-state index in [1.165, 1.54) is 0 Å². The standard InChI is InChI=1S/C20H32O10/c1-18(2)22-8-10(26-18)12-13-15(29-19(3,4)27-13)16(25-12)24-11-9(7-21)23-17-14(11)28-20(5,6)30-17/h9-17,21H,7-8H2,1-6H3/t9-,10?,11+,12-,13+,14-,15+,16?,17-/m1/s1. The molecular weight excluding hydrogens is 400 g/mol. The molecule has 2 unspecified atom stereocenters. The average Bonchev–Trinajstić information content (AvgIpc) is 3.36. The molecule has 5 saturated heterocycles. The Balaban J connectivity index is 1.35. The number of hydrogen-bond donors (Lipinski definition) is 1. The van der Waals surface area contributed by atoms with Crippen LogP contribution in [0.1, 0.15) is 41.5 Å². The quantitative estimate of drug-likeness (QED) is 0.681. The van der Waals surface area contributed by atoms with Gasteiger partial charge in [-0.1, -0.05) is 0 Å². The van der Waals surface area contributed by atoms with Crippen LogP contribution in [0.5, 0.6) is 0 Å². The van der Waals surface area contributed by atoms with Gasteiger partial charge in [-0.2, -0.15) is 0 Å². The normalized spacial score (nSPS) is 50.7. The largest absolute Gasteiger partial charge is 0.394 e. The van der Waals surface area contributed by atoms with Gasteiger partial charge in [-0.05, 0) is 41.5 Å². The van der Waals surface area contributed by atoms with Crippen molar-refractivity contribution in [3.05, 3.63) is 0 Å². The van der Waals surface area contributed by atoms with E-state index in [2.05, 4.69) is 0 Å². The van der Waals surface area contributed by atoms with Gasteiger partial charge in [0.25, 0.3) is 0 Å². The Kier molecular flexibility index (Phi) is 5.04. The molecule has 9 atom stereocenters. The van der Waals surface area contributed by atoms with Gasteiger partial charge in [-0.15, -0.1) is 0 Å². The van der Waals surface area contributed by atoms with Crippen LogP contribution in [-0.4, -0.2) is 91.0 Å². The van der Waals surface area contributed by atoms with E-state index in [1.54, 1.807) is 0 Å². The monoisotopic (exact) mass is 432 g/mol. The summed E-state index contributed by atoms with van der Waals surface area (Å²) in [5.74, 6) is -2.27. The first kappa shape index (κ1) is 21.4. The summed E-state index contributed by atoms with van der Waals surface area (Å²) >= 11 is 0. The molecule has 0 aromatic carbocycles. The molecule has 0 aliphatic carbocycles. The smallest absolute Gasteiger partial charge is 0.190 e. The van der Waals surface area contributed by atoms with E-state index in [0.29, 0.717) is 6.61 Å². The number of aliphatic hydroxyl groups excluding tert-OH is 1. The second kappa shape index (κ2) is 7.05. The Morgan fingerprint density at radius 1 is 0.767 bits per heavy atom. The first-order valence-electron chi connectivity index (χ1n) is 10.6. The van der Waals surface area contributed by atoms with E-state index < -0.39 is 60.5 Å². The van der Waals surface area contributed by atoms with Crippen molar-refractivity contribution in [3.8, 4) is 0 Å². The molecular formula is C20H32O10. The van der Waals surface area contributed by atoms with Gasteiger partial charge in [0.15, 0.2) is 29.9 Å². The molecule has 0 bridgehead atoms. The van der Waals surface area contributed by atoms with Gasteiger partial charge >= 0.3 is 0 Å². The van der Waals surface area contributed by atoms with Crippen molar-refractivity contribution in [3.63, 3.8) is 0 Å². The molecule has 5 aliphatic heterocycles. The highest BCUT2D eigenvalue weighted by Crippen LogP contribution is 2.45. The third-order valence-electron chi connectivity index (χ3n) is 6.00. The van der Waals surface area contributed by atoms with Crippen molar-refractivity contribution >= 4 is 0 Å². The molecule has 10 nitrogen and oxygen atoms in total. The second-order valence-corrected chi connectivity index (χ2v) is 9.83.